The number of nitrogens with one attached hydrogen (secondary N) is 1. The van der Waals surface area contributed by atoms with Gasteiger partial charge in [0.05, 0.1) is 16.5 Å². The SMILES string of the molecule is O=C(Nc1ccc(F)c(F)c1F)[C@@H]1CCCN(S(=O)(=O)c2ccc3ccccc3c2)C1. The molecule has 1 heterocycles. The van der Waals surface area contributed by atoms with Gasteiger partial charge in [-0.25, -0.2) is 21.6 Å². The molecule has 1 amide bonds. The van der Waals surface area contributed by atoms with E-state index in [9.17, 15) is 26.4 Å². The van der Waals surface area contributed by atoms with Crippen molar-refractivity contribution in [3.63, 3.8) is 0 Å². The molecule has 31 heavy (non-hydrogen) atoms. The molecule has 5 nitrogen and oxygen atoms in total. The van der Waals surface area contributed by atoms with E-state index in [0.717, 1.165) is 16.8 Å². The highest BCUT2D eigenvalue weighted by Crippen LogP contribution is 2.27. The summed E-state index contributed by atoms with van der Waals surface area (Å²) in [5.41, 5.74) is -0.488. The second-order valence-corrected chi connectivity index (χ2v) is 9.36. The molecule has 162 valence electrons. The Labute approximate surface area is 177 Å². The van der Waals surface area contributed by atoms with E-state index in [1.807, 2.05) is 24.3 Å². The number of amides is 1. The largest absolute Gasteiger partial charge is 0.323 e. The Bertz CT molecular complexity index is 1260. The van der Waals surface area contributed by atoms with Crippen LogP contribution < -0.4 is 5.32 Å². The van der Waals surface area contributed by atoms with Crippen molar-refractivity contribution in [2.24, 2.45) is 5.92 Å². The molecule has 0 spiro atoms. The first-order valence-electron chi connectivity index (χ1n) is 9.70. The van der Waals surface area contributed by atoms with Crippen LogP contribution in [0, 0.1) is 23.4 Å². The second kappa shape index (κ2) is 8.32. The quantitative estimate of drug-likeness (QED) is 0.606. The topological polar surface area (TPSA) is 66.5 Å². The highest BCUT2D eigenvalue weighted by Gasteiger charge is 2.34. The Balaban J connectivity index is 1.53. The van der Waals surface area contributed by atoms with Crippen LogP contribution in [0.3, 0.4) is 0 Å². The van der Waals surface area contributed by atoms with Crippen molar-refractivity contribution in [2.45, 2.75) is 17.7 Å². The molecule has 3 aromatic rings. The summed E-state index contributed by atoms with van der Waals surface area (Å²) in [5.74, 6) is -5.94. The molecule has 4 rings (SSSR count). The van der Waals surface area contributed by atoms with Gasteiger partial charge in [0.1, 0.15) is 0 Å². The molecule has 0 aromatic heterocycles. The zero-order valence-corrected chi connectivity index (χ0v) is 17.1. The number of carbonyl (C=O) groups excluding carboxylic acids is 1. The summed E-state index contributed by atoms with van der Waals surface area (Å²) in [5, 5.41) is 3.93. The van der Waals surface area contributed by atoms with Crippen molar-refractivity contribution in [1.82, 2.24) is 4.31 Å². The Morgan fingerprint density at radius 2 is 1.71 bits per heavy atom. The van der Waals surface area contributed by atoms with Gasteiger partial charge in [0.2, 0.25) is 15.9 Å². The fourth-order valence-corrected chi connectivity index (χ4v) is 5.27. The summed E-state index contributed by atoms with van der Waals surface area (Å²) in [7, 11) is -3.84. The average Bonchev–Trinajstić information content (AvgIpc) is 2.79. The number of benzene rings is 3. The number of hydrogen-bond acceptors (Lipinski definition) is 3. The van der Waals surface area contributed by atoms with E-state index in [1.54, 1.807) is 12.1 Å². The normalized spacial score (nSPS) is 17.6. The molecule has 0 saturated carbocycles. The van der Waals surface area contributed by atoms with Crippen LogP contribution in [0.5, 0.6) is 0 Å². The third kappa shape index (κ3) is 4.15. The molecule has 0 radical (unpaired) electrons. The summed E-state index contributed by atoms with van der Waals surface area (Å²) in [4.78, 5) is 12.7. The van der Waals surface area contributed by atoms with Crippen molar-refractivity contribution < 1.29 is 26.4 Å². The lowest BCUT2D eigenvalue weighted by molar-refractivity contribution is -0.120. The molecule has 9 heteroatoms. The molecule has 0 bridgehead atoms. The van der Waals surface area contributed by atoms with Crippen molar-refractivity contribution in [3.8, 4) is 0 Å². The Kier molecular flexibility index (Phi) is 5.72. The first kappa shape index (κ1) is 21.3. The number of carbonyl (C=O) groups is 1. The molecule has 1 aliphatic rings. The number of fused-ring (bicyclic) bond motifs is 1. The maximum Gasteiger partial charge on any atom is 0.243 e. The molecule has 1 N–H and O–H groups in total. The number of sulfonamides is 1. The monoisotopic (exact) mass is 448 g/mol. The van der Waals surface area contributed by atoms with Crippen LogP contribution in [0.15, 0.2) is 59.5 Å². The predicted molar refractivity (Wildman–Crippen MR) is 110 cm³/mol. The first-order valence-corrected chi connectivity index (χ1v) is 11.1. The van der Waals surface area contributed by atoms with Crippen LogP contribution in [-0.4, -0.2) is 31.7 Å². The van der Waals surface area contributed by atoms with E-state index in [-0.39, 0.29) is 18.0 Å². The molecular weight excluding hydrogens is 429 g/mol. The minimum absolute atomic E-state index is 0.0910. The van der Waals surface area contributed by atoms with Crippen molar-refractivity contribution >= 4 is 32.4 Å². The molecule has 1 saturated heterocycles. The zero-order chi connectivity index (χ0) is 22.2. The number of halogens is 3. The van der Waals surface area contributed by atoms with Gasteiger partial charge in [-0.3, -0.25) is 4.79 Å². The van der Waals surface area contributed by atoms with Gasteiger partial charge < -0.3 is 5.32 Å². The molecular formula is C22H19F3N2O3S. The summed E-state index contributed by atoms with van der Waals surface area (Å²) in [6.07, 6.45) is 0.825. The van der Waals surface area contributed by atoms with E-state index in [4.69, 9.17) is 0 Å². The molecule has 0 aliphatic carbocycles. The fraction of sp³-hybridized carbons (Fsp3) is 0.227. The highest BCUT2D eigenvalue weighted by atomic mass is 32.2. The van der Waals surface area contributed by atoms with E-state index in [1.165, 1.54) is 10.4 Å². The van der Waals surface area contributed by atoms with E-state index >= 15 is 0 Å². The van der Waals surface area contributed by atoms with Crippen molar-refractivity contribution in [2.75, 3.05) is 18.4 Å². The van der Waals surface area contributed by atoms with E-state index in [0.29, 0.717) is 18.9 Å². The van der Waals surface area contributed by atoms with Crippen molar-refractivity contribution in [1.29, 1.82) is 0 Å². The van der Waals surface area contributed by atoms with Gasteiger partial charge in [-0.05, 0) is 47.9 Å². The summed E-state index contributed by atoms with van der Waals surface area (Å²) >= 11 is 0. The number of piperidine rings is 1. The van der Waals surface area contributed by atoms with Gasteiger partial charge in [-0.1, -0.05) is 30.3 Å². The smallest absolute Gasteiger partial charge is 0.243 e. The number of hydrogen-bond donors (Lipinski definition) is 1. The molecule has 1 atom stereocenters. The average molecular weight is 448 g/mol. The van der Waals surface area contributed by atoms with Crippen LogP contribution in [0.25, 0.3) is 10.8 Å². The summed E-state index contributed by atoms with van der Waals surface area (Å²) in [6, 6.07) is 13.9. The maximum atomic E-state index is 13.9. The van der Waals surface area contributed by atoms with Crippen LogP contribution in [0.1, 0.15) is 12.8 Å². The second-order valence-electron chi connectivity index (χ2n) is 7.42. The van der Waals surface area contributed by atoms with Gasteiger partial charge in [0, 0.05) is 13.1 Å². The summed E-state index contributed by atoms with van der Waals surface area (Å²) < 4.78 is 67.9. The molecule has 3 aromatic carbocycles. The van der Waals surface area contributed by atoms with E-state index in [2.05, 4.69) is 5.32 Å². The third-order valence-electron chi connectivity index (χ3n) is 5.41. The zero-order valence-electron chi connectivity index (χ0n) is 16.3. The van der Waals surface area contributed by atoms with Crippen molar-refractivity contribution in [3.05, 3.63) is 72.0 Å². The van der Waals surface area contributed by atoms with Crippen LogP contribution in [0.2, 0.25) is 0 Å². The number of nitrogens with zero attached hydrogens (tertiary/aromatic N) is 1. The van der Waals surface area contributed by atoms with Crippen LogP contribution in [0.4, 0.5) is 18.9 Å². The summed E-state index contributed by atoms with van der Waals surface area (Å²) in [6.45, 7) is 0.158. The standard InChI is InChI=1S/C22H19F3N2O3S/c23-18-9-10-19(21(25)20(18)24)26-22(28)16-6-3-11-27(13-16)31(29,30)17-8-7-14-4-1-2-5-15(14)12-17/h1-2,4-5,7-10,12,16H,3,6,11,13H2,(H,26,28)/t16-/m1/s1. The van der Waals surface area contributed by atoms with Gasteiger partial charge in [0.15, 0.2) is 17.5 Å². The van der Waals surface area contributed by atoms with Crippen LogP contribution in [-0.2, 0) is 14.8 Å². The predicted octanol–water partition coefficient (Wildman–Crippen LogP) is 4.30. The lowest BCUT2D eigenvalue weighted by Gasteiger charge is -2.31. The minimum atomic E-state index is -3.84. The Morgan fingerprint density at radius 1 is 0.968 bits per heavy atom. The lowest BCUT2D eigenvalue weighted by atomic mass is 9.98. The lowest BCUT2D eigenvalue weighted by Crippen LogP contribution is -2.43. The Hall–Kier alpha value is -2.91. The Morgan fingerprint density at radius 3 is 2.48 bits per heavy atom. The molecule has 1 aliphatic heterocycles. The molecule has 0 unspecified atom stereocenters. The van der Waals surface area contributed by atoms with E-state index < -0.39 is 45.0 Å². The minimum Gasteiger partial charge on any atom is -0.323 e. The third-order valence-corrected chi connectivity index (χ3v) is 7.27. The highest BCUT2D eigenvalue weighted by molar-refractivity contribution is 7.89. The molecule has 1 fully saturated rings. The maximum absolute atomic E-state index is 13.9. The first-order chi connectivity index (χ1) is 14.8. The van der Waals surface area contributed by atoms with Crippen LogP contribution >= 0.6 is 0 Å². The van der Waals surface area contributed by atoms with Gasteiger partial charge in [-0.15, -0.1) is 0 Å². The number of anilines is 1. The van der Waals surface area contributed by atoms with Gasteiger partial charge >= 0.3 is 0 Å². The number of rotatable bonds is 4. The van der Waals surface area contributed by atoms with Gasteiger partial charge in [-0.2, -0.15) is 4.31 Å². The fourth-order valence-electron chi connectivity index (χ4n) is 3.71. The van der Waals surface area contributed by atoms with Gasteiger partial charge in [0.25, 0.3) is 0 Å².